The average molecular weight is 182 g/mol. The molecule has 1 heterocycles. The molecule has 74 valence electrons. The molecule has 1 aromatic rings. The normalized spacial score (nSPS) is 13.2. The molecule has 0 fully saturated rings. The lowest BCUT2D eigenvalue weighted by Gasteiger charge is -2.09. The van der Waals surface area contributed by atoms with Crippen molar-refractivity contribution in [1.29, 1.82) is 0 Å². The summed E-state index contributed by atoms with van der Waals surface area (Å²) in [6, 6.07) is 4.13. The summed E-state index contributed by atoms with van der Waals surface area (Å²) in [5.41, 5.74) is 1.27. The van der Waals surface area contributed by atoms with Crippen LogP contribution < -0.4 is 5.32 Å². The third-order valence-electron chi connectivity index (χ3n) is 2.07. The molecule has 3 nitrogen and oxygen atoms in total. The van der Waals surface area contributed by atoms with Crippen molar-refractivity contribution in [3.05, 3.63) is 24.0 Å². The van der Waals surface area contributed by atoms with Crippen molar-refractivity contribution >= 4 is 0 Å². The smallest absolute Gasteiger partial charge is 0.0529 e. The molecule has 0 aliphatic carbocycles. The Kier molecular flexibility index (Phi) is 3.99. The Morgan fingerprint density at radius 2 is 2.38 bits per heavy atom. The summed E-state index contributed by atoms with van der Waals surface area (Å²) in [6.45, 7) is 3.59. The fraction of sp³-hybridized carbons (Fsp3) is 0.600. The topological polar surface area (TPSA) is 37.2 Å². The highest BCUT2D eigenvalue weighted by atomic mass is 16.3. The summed E-state index contributed by atoms with van der Waals surface area (Å²) in [7, 11) is 1.94. The van der Waals surface area contributed by atoms with E-state index in [1.54, 1.807) is 0 Å². The molecular formula is C10H18N2O. The van der Waals surface area contributed by atoms with Crippen LogP contribution >= 0.6 is 0 Å². The molecule has 1 aromatic heterocycles. The summed E-state index contributed by atoms with van der Waals surface area (Å²) in [6.07, 6.45) is 2.64. The highest BCUT2D eigenvalue weighted by Crippen LogP contribution is 2.04. The largest absolute Gasteiger partial charge is 0.393 e. The van der Waals surface area contributed by atoms with Crippen molar-refractivity contribution < 1.29 is 5.11 Å². The van der Waals surface area contributed by atoms with Gasteiger partial charge in [0.15, 0.2) is 0 Å². The molecule has 0 bridgehead atoms. The molecule has 0 aliphatic rings. The fourth-order valence-corrected chi connectivity index (χ4v) is 1.34. The SMILES string of the molecule is CNCc1cccn1CCC(C)O. The quantitative estimate of drug-likeness (QED) is 0.712. The fourth-order valence-electron chi connectivity index (χ4n) is 1.34. The Hall–Kier alpha value is -0.800. The van der Waals surface area contributed by atoms with E-state index in [2.05, 4.69) is 22.1 Å². The lowest BCUT2D eigenvalue weighted by Crippen LogP contribution is -2.13. The Balaban J connectivity index is 2.49. The maximum absolute atomic E-state index is 9.14. The molecule has 1 unspecified atom stereocenters. The van der Waals surface area contributed by atoms with E-state index < -0.39 is 0 Å². The molecule has 0 radical (unpaired) electrons. The number of aliphatic hydroxyl groups excluding tert-OH is 1. The lowest BCUT2D eigenvalue weighted by molar-refractivity contribution is 0.177. The maximum atomic E-state index is 9.14. The van der Waals surface area contributed by atoms with Crippen LogP contribution in [0.5, 0.6) is 0 Å². The highest BCUT2D eigenvalue weighted by Gasteiger charge is 2.01. The van der Waals surface area contributed by atoms with Crippen LogP contribution in [-0.4, -0.2) is 22.8 Å². The van der Waals surface area contributed by atoms with E-state index in [9.17, 15) is 0 Å². The molecule has 0 aliphatic heterocycles. The van der Waals surface area contributed by atoms with Crippen molar-refractivity contribution in [3.8, 4) is 0 Å². The second-order valence-corrected chi connectivity index (χ2v) is 3.36. The standard InChI is InChI=1S/C10H18N2O/c1-9(13)5-7-12-6-3-4-10(12)8-11-2/h3-4,6,9,11,13H,5,7-8H2,1-2H3. The van der Waals surface area contributed by atoms with Gasteiger partial charge in [-0.1, -0.05) is 0 Å². The van der Waals surface area contributed by atoms with Crippen molar-refractivity contribution in [2.24, 2.45) is 0 Å². The van der Waals surface area contributed by atoms with Gasteiger partial charge in [0.1, 0.15) is 0 Å². The molecule has 0 aromatic carbocycles. The van der Waals surface area contributed by atoms with Crippen molar-refractivity contribution in [2.45, 2.75) is 32.5 Å². The third kappa shape index (κ3) is 3.20. The number of nitrogens with one attached hydrogen (secondary N) is 1. The molecule has 2 N–H and O–H groups in total. The van der Waals surface area contributed by atoms with E-state index in [-0.39, 0.29) is 6.10 Å². The highest BCUT2D eigenvalue weighted by molar-refractivity contribution is 5.06. The summed E-state index contributed by atoms with van der Waals surface area (Å²) in [5.74, 6) is 0. The predicted molar refractivity (Wildman–Crippen MR) is 53.5 cm³/mol. The lowest BCUT2D eigenvalue weighted by atomic mass is 10.3. The maximum Gasteiger partial charge on any atom is 0.0529 e. The average Bonchev–Trinajstić information content (AvgIpc) is 2.49. The molecular weight excluding hydrogens is 164 g/mol. The predicted octanol–water partition coefficient (Wildman–Crippen LogP) is 0.978. The first-order chi connectivity index (χ1) is 6.24. The zero-order chi connectivity index (χ0) is 9.68. The van der Waals surface area contributed by atoms with E-state index in [0.29, 0.717) is 0 Å². The van der Waals surface area contributed by atoms with Gasteiger partial charge in [0, 0.05) is 25.0 Å². The van der Waals surface area contributed by atoms with E-state index in [4.69, 9.17) is 5.11 Å². The Labute approximate surface area is 79.4 Å². The second kappa shape index (κ2) is 5.04. The molecule has 0 amide bonds. The number of hydrogen-bond donors (Lipinski definition) is 2. The molecule has 0 saturated heterocycles. The van der Waals surface area contributed by atoms with Crippen molar-refractivity contribution in [2.75, 3.05) is 7.05 Å². The monoisotopic (exact) mass is 182 g/mol. The van der Waals surface area contributed by atoms with Crippen LogP contribution in [0, 0.1) is 0 Å². The Morgan fingerprint density at radius 1 is 1.62 bits per heavy atom. The number of hydrogen-bond acceptors (Lipinski definition) is 2. The number of nitrogens with zero attached hydrogens (tertiary/aromatic N) is 1. The minimum Gasteiger partial charge on any atom is -0.393 e. The van der Waals surface area contributed by atoms with Gasteiger partial charge >= 0.3 is 0 Å². The Morgan fingerprint density at radius 3 is 3.00 bits per heavy atom. The van der Waals surface area contributed by atoms with Crippen LogP contribution in [0.1, 0.15) is 19.0 Å². The summed E-state index contributed by atoms with van der Waals surface area (Å²) in [5, 5.41) is 12.3. The van der Waals surface area contributed by atoms with Gasteiger partial charge in [0.2, 0.25) is 0 Å². The van der Waals surface area contributed by atoms with Gasteiger partial charge in [-0.25, -0.2) is 0 Å². The van der Waals surface area contributed by atoms with Gasteiger partial charge in [0.05, 0.1) is 6.10 Å². The van der Waals surface area contributed by atoms with Crippen LogP contribution in [0.25, 0.3) is 0 Å². The third-order valence-corrected chi connectivity index (χ3v) is 2.07. The zero-order valence-corrected chi connectivity index (χ0v) is 8.33. The van der Waals surface area contributed by atoms with Gasteiger partial charge in [-0.2, -0.15) is 0 Å². The number of aromatic nitrogens is 1. The van der Waals surface area contributed by atoms with Gasteiger partial charge in [-0.15, -0.1) is 0 Å². The summed E-state index contributed by atoms with van der Waals surface area (Å²) < 4.78 is 2.17. The van der Waals surface area contributed by atoms with Crippen LogP contribution in [0.2, 0.25) is 0 Å². The van der Waals surface area contributed by atoms with Crippen LogP contribution in [-0.2, 0) is 13.1 Å². The first-order valence-corrected chi connectivity index (χ1v) is 4.70. The molecule has 0 saturated carbocycles. The van der Waals surface area contributed by atoms with E-state index in [1.165, 1.54) is 5.69 Å². The number of rotatable bonds is 5. The summed E-state index contributed by atoms with van der Waals surface area (Å²) >= 11 is 0. The molecule has 3 heteroatoms. The minimum absolute atomic E-state index is 0.218. The van der Waals surface area contributed by atoms with E-state index in [0.717, 1.165) is 19.5 Å². The first kappa shape index (κ1) is 10.3. The molecule has 0 spiro atoms. The Bertz CT molecular complexity index is 243. The molecule has 13 heavy (non-hydrogen) atoms. The van der Waals surface area contributed by atoms with Crippen molar-refractivity contribution in [1.82, 2.24) is 9.88 Å². The van der Waals surface area contributed by atoms with E-state index in [1.807, 2.05) is 20.0 Å². The van der Waals surface area contributed by atoms with E-state index >= 15 is 0 Å². The molecule has 1 atom stereocenters. The zero-order valence-electron chi connectivity index (χ0n) is 8.33. The molecule has 1 rings (SSSR count). The van der Waals surface area contributed by atoms with Gasteiger partial charge in [-0.05, 0) is 32.5 Å². The van der Waals surface area contributed by atoms with Crippen molar-refractivity contribution in [3.63, 3.8) is 0 Å². The minimum atomic E-state index is -0.218. The van der Waals surface area contributed by atoms with Crippen LogP contribution in [0.15, 0.2) is 18.3 Å². The van der Waals surface area contributed by atoms with Gasteiger partial charge in [0.25, 0.3) is 0 Å². The van der Waals surface area contributed by atoms with Crippen LogP contribution in [0.3, 0.4) is 0 Å². The van der Waals surface area contributed by atoms with Gasteiger partial charge in [-0.3, -0.25) is 0 Å². The van der Waals surface area contributed by atoms with Crippen LogP contribution in [0.4, 0.5) is 0 Å². The van der Waals surface area contributed by atoms with Gasteiger partial charge < -0.3 is 15.0 Å². The number of aliphatic hydroxyl groups is 1. The second-order valence-electron chi connectivity index (χ2n) is 3.36. The first-order valence-electron chi connectivity index (χ1n) is 4.70. The number of aryl methyl sites for hydroxylation is 1. The summed E-state index contributed by atoms with van der Waals surface area (Å²) in [4.78, 5) is 0.